The smallest absolute Gasteiger partial charge is 0.350 e. The second-order valence-corrected chi connectivity index (χ2v) is 3.97. The first-order valence-electron chi connectivity index (χ1n) is 5.73. The predicted molar refractivity (Wildman–Crippen MR) is 76.1 cm³/mol. The van der Waals surface area contributed by atoms with E-state index >= 15 is 0 Å². The Morgan fingerprint density at radius 3 is 2.05 bits per heavy atom. The van der Waals surface area contributed by atoms with E-state index in [4.69, 9.17) is 0 Å². The predicted octanol–water partition coefficient (Wildman–Crippen LogP) is -0.183. The molecule has 96 valence electrons. The van der Waals surface area contributed by atoms with E-state index in [0.29, 0.717) is 12.0 Å². The number of aryl methyl sites for hydroxylation is 1. The summed E-state index contributed by atoms with van der Waals surface area (Å²) in [6.07, 6.45) is 2.22. The number of nitrogens with zero attached hydrogens (tertiary/aromatic N) is 1. The van der Waals surface area contributed by atoms with Crippen LogP contribution in [0.3, 0.4) is 0 Å². The molecule has 0 aliphatic carbocycles. The van der Waals surface area contributed by atoms with Crippen molar-refractivity contribution in [2.24, 2.45) is 7.05 Å². The molecule has 0 aliphatic heterocycles. The molecule has 2 rings (SSSR count). The number of benzene rings is 1. The summed E-state index contributed by atoms with van der Waals surface area (Å²) < 4.78 is 1.54. The first-order valence-corrected chi connectivity index (χ1v) is 5.73. The largest absolute Gasteiger partial charge is 1.00 e. The average molecular weight is 247 g/mol. The third kappa shape index (κ3) is 5.34. The molecule has 0 aliphatic rings. The van der Waals surface area contributed by atoms with Crippen molar-refractivity contribution in [2.45, 2.75) is 6.42 Å². The van der Waals surface area contributed by atoms with Gasteiger partial charge in [0.15, 0.2) is 5.56 Å². The maximum atomic E-state index is 11.3. The summed E-state index contributed by atoms with van der Waals surface area (Å²) in [6, 6.07) is 11.7. The molecule has 0 atom stereocenters. The van der Waals surface area contributed by atoms with Crippen LogP contribution >= 0.6 is 0 Å². The number of pyridine rings is 1. The maximum Gasteiger partial charge on any atom is 1.00 e. The van der Waals surface area contributed by atoms with E-state index < -0.39 is 0 Å². The molecule has 0 radical (unpaired) electrons. The second kappa shape index (κ2) is 8.58. The summed E-state index contributed by atoms with van der Waals surface area (Å²) in [5.74, 6) is 0. The molecule has 0 fully saturated rings. The van der Waals surface area contributed by atoms with E-state index in [2.05, 4.69) is 20.8 Å². The zero-order valence-corrected chi connectivity index (χ0v) is 11.7. The molecule has 2 aromatic rings. The molecule has 0 N–H and O–H groups in total. The Hall–Kier alpha value is -1.49. The normalized spacial score (nSPS) is 8.95. The molecular formula is C16H18LiNO-2. The van der Waals surface area contributed by atoms with Crippen molar-refractivity contribution in [2.75, 3.05) is 0 Å². The molecule has 0 saturated carbocycles. The quantitative estimate of drug-likeness (QED) is 0.506. The third-order valence-corrected chi connectivity index (χ3v) is 2.56. The molecule has 0 unspecified atom stereocenters. The van der Waals surface area contributed by atoms with Gasteiger partial charge >= 0.3 is 18.9 Å². The molecule has 19 heavy (non-hydrogen) atoms. The van der Waals surface area contributed by atoms with Crippen LogP contribution in [0, 0.1) is 20.8 Å². The number of rotatable bonds is 1. The van der Waals surface area contributed by atoms with Crippen molar-refractivity contribution < 1.29 is 18.9 Å². The Morgan fingerprint density at radius 2 is 1.68 bits per heavy atom. The van der Waals surface area contributed by atoms with Gasteiger partial charge in [0.25, 0.3) is 0 Å². The van der Waals surface area contributed by atoms with Gasteiger partial charge in [0.1, 0.15) is 0 Å². The average Bonchev–Trinajstić information content (AvgIpc) is 2.37. The van der Waals surface area contributed by atoms with Crippen molar-refractivity contribution >= 4 is 0 Å². The van der Waals surface area contributed by atoms with Crippen LogP contribution in [0.4, 0.5) is 0 Å². The van der Waals surface area contributed by atoms with E-state index in [0.717, 1.165) is 11.1 Å². The van der Waals surface area contributed by atoms with Crippen LogP contribution in [0.2, 0.25) is 0 Å². The fourth-order valence-corrected chi connectivity index (χ4v) is 1.47. The van der Waals surface area contributed by atoms with E-state index in [1.165, 1.54) is 4.57 Å². The van der Waals surface area contributed by atoms with Crippen LogP contribution in [0.25, 0.3) is 0 Å². The van der Waals surface area contributed by atoms with Crippen LogP contribution < -0.4 is 24.4 Å². The molecular weight excluding hydrogens is 229 g/mol. The van der Waals surface area contributed by atoms with Crippen molar-refractivity contribution in [3.8, 4) is 0 Å². The third-order valence-electron chi connectivity index (χ3n) is 2.56. The molecule has 3 heteroatoms. The minimum Gasteiger partial charge on any atom is -0.350 e. The van der Waals surface area contributed by atoms with Crippen molar-refractivity contribution in [3.63, 3.8) is 0 Å². The Labute approximate surface area is 127 Å². The van der Waals surface area contributed by atoms with Gasteiger partial charge in [0.2, 0.25) is 0 Å². The first-order chi connectivity index (χ1) is 8.56. The maximum absolute atomic E-state index is 11.3. The molecule has 0 saturated heterocycles. The summed E-state index contributed by atoms with van der Waals surface area (Å²) in [5.41, 5.74) is 2.56. The fourth-order valence-electron chi connectivity index (χ4n) is 1.47. The molecule has 1 aromatic carbocycles. The van der Waals surface area contributed by atoms with E-state index in [-0.39, 0.29) is 24.4 Å². The van der Waals surface area contributed by atoms with Crippen LogP contribution in [-0.4, -0.2) is 4.57 Å². The van der Waals surface area contributed by atoms with Gasteiger partial charge in [-0.3, -0.25) is 4.79 Å². The minimum absolute atomic E-state index is 0. The van der Waals surface area contributed by atoms with Crippen LogP contribution in [0.5, 0.6) is 0 Å². The molecule has 2 nitrogen and oxygen atoms in total. The van der Waals surface area contributed by atoms with E-state index in [9.17, 15) is 4.79 Å². The van der Waals surface area contributed by atoms with Crippen LogP contribution in [0.15, 0.2) is 47.4 Å². The zero-order valence-electron chi connectivity index (χ0n) is 11.7. The summed E-state index contributed by atoms with van der Waals surface area (Å²) >= 11 is 0. The SMILES string of the molecule is [CH2-]Cc1c([CH2-])ccn(C)c1=O.[CH2-]c1ccccc1.[Li+]. The topological polar surface area (TPSA) is 22.0 Å². The molecule has 1 aromatic heterocycles. The summed E-state index contributed by atoms with van der Waals surface area (Å²) in [6.45, 7) is 11.1. The second-order valence-electron chi connectivity index (χ2n) is 3.97. The monoisotopic (exact) mass is 247 g/mol. The fraction of sp³-hybridized carbons (Fsp3) is 0.125. The number of hydrogen-bond donors (Lipinski definition) is 0. The van der Waals surface area contributed by atoms with E-state index in [1.54, 1.807) is 13.2 Å². The van der Waals surface area contributed by atoms with Crippen molar-refractivity contribution in [3.05, 3.63) is 90.4 Å². The molecule has 0 bridgehead atoms. The van der Waals surface area contributed by atoms with Gasteiger partial charge in [-0.1, -0.05) is 6.07 Å². The number of hydrogen-bond acceptors (Lipinski definition) is 1. The first kappa shape index (κ1) is 17.5. The molecule has 0 amide bonds. The van der Waals surface area contributed by atoms with Gasteiger partial charge in [-0.15, -0.1) is 23.8 Å². The summed E-state index contributed by atoms with van der Waals surface area (Å²) in [7, 11) is 1.72. The standard InChI is InChI=1S/C9H11NO.C7H7.Li/c1-4-8-7(2)5-6-10(3)9(8)11;1-7-5-3-2-4-6-7;/h5-6H,1-2,4H2,3H3;2-6H,1H2;/q-2;-1;+1. The van der Waals surface area contributed by atoms with Gasteiger partial charge in [0, 0.05) is 7.05 Å². The molecule has 0 spiro atoms. The summed E-state index contributed by atoms with van der Waals surface area (Å²) in [5, 5.41) is 0. The van der Waals surface area contributed by atoms with Crippen molar-refractivity contribution in [1.82, 2.24) is 4.57 Å². The van der Waals surface area contributed by atoms with E-state index in [1.807, 2.05) is 36.4 Å². The Balaban J connectivity index is 0.000000352. The van der Waals surface area contributed by atoms with Crippen LogP contribution in [0.1, 0.15) is 16.7 Å². The Kier molecular flexibility index (Phi) is 7.91. The Morgan fingerprint density at radius 1 is 1.11 bits per heavy atom. The van der Waals surface area contributed by atoms with Gasteiger partial charge in [-0.2, -0.15) is 43.5 Å². The Bertz CT molecular complexity index is 546. The number of aromatic nitrogens is 1. The summed E-state index contributed by atoms with van der Waals surface area (Å²) in [4.78, 5) is 11.3. The minimum atomic E-state index is 0. The van der Waals surface area contributed by atoms with Crippen LogP contribution in [-0.2, 0) is 13.5 Å². The van der Waals surface area contributed by atoms with Crippen molar-refractivity contribution in [1.29, 1.82) is 0 Å². The van der Waals surface area contributed by atoms with Gasteiger partial charge in [0.05, 0.1) is 0 Å². The van der Waals surface area contributed by atoms with Gasteiger partial charge in [-0.05, 0) is 6.20 Å². The van der Waals surface area contributed by atoms with Gasteiger partial charge < -0.3 is 11.5 Å². The zero-order chi connectivity index (χ0) is 13.5. The van der Waals surface area contributed by atoms with Gasteiger partial charge in [-0.25, -0.2) is 0 Å². The molecule has 1 heterocycles.